The third kappa shape index (κ3) is 4.98. The van der Waals surface area contributed by atoms with Crippen molar-refractivity contribution >= 4 is 34.7 Å². The number of halogens is 1. The summed E-state index contributed by atoms with van der Waals surface area (Å²) < 4.78 is 5.38. The number of amides is 1. The molecule has 0 aliphatic rings. The summed E-state index contributed by atoms with van der Waals surface area (Å²) in [6.45, 7) is 5.98. The maximum absolute atomic E-state index is 11.7. The van der Waals surface area contributed by atoms with Gasteiger partial charge in [-0.25, -0.2) is 0 Å². The van der Waals surface area contributed by atoms with Crippen LogP contribution in [0.2, 0.25) is 5.02 Å². The number of hydrogen-bond donors (Lipinski definition) is 2. The summed E-state index contributed by atoms with van der Waals surface area (Å²) in [5, 5.41) is 3.26. The van der Waals surface area contributed by atoms with Gasteiger partial charge in [-0.2, -0.15) is 0 Å². The summed E-state index contributed by atoms with van der Waals surface area (Å²) in [4.78, 5) is 11.9. The highest BCUT2D eigenvalue weighted by atomic mass is 35.5. The first kappa shape index (κ1) is 16.7. The van der Waals surface area contributed by atoms with Crippen LogP contribution in [0, 0.1) is 5.92 Å². The average Bonchev–Trinajstić information content (AvgIpc) is 2.35. The fourth-order valence-corrected chi connectivity index (χ4v) is 1.90. The molecule has 20 heavy (non-hydrogen) atoms. The summed E-state index contributed by atoms with van der Waals surface area (Å²) in [6.07, 6.45) is 0. The van der Waals surface area contributed by atoms with Gasteiger partial charge in [0, 0.05) is 11.6 Å². The van der Waals surface area contributed by atoms with Crippen LogP contribution in [0.3, 0.4) is 0 Å². The lowest BCUT2D eigenvalue weighted by molar-refractivity contribution is -0.124. The van der Waals surface area contributed by atoms with E-state index in [1.165, 1.54) is 0 Å². The zero-order valence-corrected chi connectivity index (χ0v) is 13.3. The predicted octanol–water partition coefficient (Wildman–Crippen LogP) is 2.51. The van der Waals surface area contributed by atoms with Gasteiger partial charge in [0.1, 0.15) is 10.7 Å². The Kier molecular flexibility index (Phi) is 6.23. The van der Waals surface area contributed by atoms with Crippen molar-refractivity contribution in [2.45, 2.75) is 26.8 Å². The molecule has 1 amide bonds. The van der Waals surface area contributed by atoms with Crippen molar-refractivity contribution in [3.05, 3.63) is 28.8 Å². The van der Waals surface area contributed by atoms with Crippen LogP contribution in [-0.4, -0.2) is 23.5 Å². The molecule has 0 spiro atoms. The lowest BCUT2D eigenvalue weighted by atomic mass is 10.1. The van der Waals surface area contributed by atoms with Crippen LogP contribution in [0.5, 0.6) is 5.75 Å². The molecule has 0 aromatic heterocycles. The van der Waals surface area contributed by atoms with Crippen LogP contribution in [-0.2, 0) is 4.79 Å². The molecule has 1 unspecified atom stereocenters. The van der Waals surface area contributed by atoms with Gasteiger partial charge < -0.3 is 15.8 Å². The normalized spacial score (nSPS) is 12.1. The Balaban J connectivity index is 2.56. The number of carbonyl (C=O) groups is 1. The van der Waals surface area contributed by atoms with E-state index in [9.17, 15) is 4.79 Å². The first-order valence-corrected chi connectivity index (χ1v) is 7.11. The van der Waals surface area contributed by atoms with E-state index in [1.54, 1.807) is 18.2 Å². The van der Waals surface area contributed by atoms with Crippen LogP contribution in [0.25, 0.3) is 0 Å². The number of thiocarbonyl (C=S) groups is 1. The summed E-state index contributed by atoms with van der Waals surface area (Å²) in [7, 11) is 0. The van der Waals surface area contributed by atoms with Crippen molar-refractivity contribution < 1.29 is 9.53 Å². The molecule has 0 heterocycles. The van der Waals surface area contributed by atoms with Crippen LogP contribution < -0.4 is 15.8 Å². The quantitative estimate of drug-likeness (QED) is 0.792. The van der Waals surface area contributed by atoms with Crippen molar-refractivity contribution in [2.24, 2.45) is 11.7 Å². The van der Waals surface area contributed by atoms with E-state index in [1.807, 2.05) is 20.8 Å². The first-order chi connectivity index (χ1) is 9.31. The van der Waals surface area contributed by atoms with E-state index in [4.69, 9.17) is 34.3 Å². The Hall–Kier alpha value is -1.33. The molecule has 4 nitrogen and oxygen atoms in total. The number of ether oxygens (including phenoxy) is 1. The number of hydrogen-bond acceptors (Lipinski definition) is 3. The number of nitrogens with two attached hydrogens (primary N) is 1. The third-order valence-electron chi connectivity index (χ3n) is 2.96. The van der Waals surface area contributed by atoms with Crippen molar-refractivity contribution in [3.8, 4) is 5.75 Å². The topological polar surface area (TPSA) is 64.3 Å². The highest BCUT2D eigenvalue weighted by Crippen LogP contribution is 2.22. The molecule has 1 aromatic rings. The number of benzene rings is 1. The van der Waals surface area contributed by atoms with Crippen LogP contribution in [0.15, 0.2) is 18.2 Å². The van der Waals surface area contributed by atoms with Crippen molar-refractivity contribution in [1.82, 2.24) is 5.32 Å². The Morgan fingerprint density at radius 1 is 1.45 bits per heavy atom. The predicted molar refractivity (Wildman–Crippen MR) is 85.3 cm³/mol. The van der Waals surface area contributed by atoms with E-state index >= 15 is 0 Å². The SMILES string of the molecule is CC(C)C(C)NC(=O)COc1ccc(C(N)=S)c(Cl)c1. The molecule has 1 aromatic carbocycles. The fourth-order valence-electron chi connectivity index (χ4n) is 1.40. The van der Waals surface area contributed by atoms with Gasteiger partial charge in [0.2, 0.25) is 0 Å². The van der Waals surface area contributed by atoms with Crippen molar-refractivity contribution in [1.29, 1.82) is 0 Å². The smallest absolute Gasteiger partial charge is 0.258 e. The van der Waals surface area contributed by atoms with Gasteiger partial charge in [-0.1, -0.05) is 37.7 Å². The molecule has 1 atom stereocenters. The number of nitrogens with one attached hydrogen (secondary N) is 1. The summed E-state index contributed by atoms with van der Waals surface area (Å²) >= 11 is 10.9. The minimum atomic E-state index is -0.166. The highest BCUT2D eigenvalue weighted by Gasteiger charge is 2.11. The van der Waals surface area contributed by atoms with E-state index in [2.05, 4.69) is 5.32 Å². The minimum absolute atomic E-state index is 0.0557. The van der Waals surface area contributed by atoms with Gasteiger partial charge in [0.15, 0.2) is 6.61 Å². The van der Waals surface area contributed by atoms with Gasteiger partial charge in [-0.15, -0.1) is 0 Å². The summed E-state index contributed by atoms with van der Waals surface area (Å²) in [6, 6.07) is 5.05. The van der Waals surface area contributed by atoms with Gasteiger partial charge in [-0.3, -0.25) is 4.79 Å². The first-order valence-electron chi connectivity index (χ1n) is 6.32. The van der Waals surface area contributed by atoms with Gasteiger partial charge in [0.25, 0.3) is 5.91 Å². The molecule has 3 N–H and O–H groups in total. The molecule has 0 radical (unpaired) electrons. The van der Waals surface area contributed by atoms with Crippen LogP contribution >= 0.6 is 23.8 Å². The molecular formula is C14H19ClN2O2S. The van der Waals surface area contributed by atoms with Gasteiger partial charge in [0.05, 0.1) is 5.02 Å². The fraction of sp³-hybridized carbons (Fsp3) is 0.429. The summed E-state index contributed by atoms with van der Waals surface area (Å²) in [5.74, 6) is 0.710. The molecule has 0 bridgehead atoms. The lowest BCUT2D eigenvalue weighted by Crippen LogP contribution is -2.38. The maximum atomic E-state index is 11.7. The largest absolute Gasteiger partial charge is 0.484 e. The van der Waals surface area contributed by atoms with E-state index in [0.29, 0.717) is 22.3 Å². The summed E-state index contributed by atoms with van der Waals surface area (Å²) in [5.41, 5.74) is 6.10. The van der Waals surface area contributed by atoms with Crippen LogP contribution in [0.4, 0.5) is 0 Å². The maximum Gasteiger partial charge on any atom is 0.258 e. The second-order valence-corrected chi connectivity index (χ2v) is 5.74. The molecule has 0 aliphatic carbocycles. The van der Waals surface area contributed by atoms with E-state index in [0.717, 1.165) is 0 Å². The Morgan fingerprint density at radius 3 is 2.60 bits per heavy atom. The molecular weight excluding hydrogens is 296 g/mol. The Morgan fingerprint density at radius 2 is 2.10 bits per heavy atom. The average molecular weight is 315 g/mol. The second-order valence-electron chi connectivity index (χ2n) is 4.89. The van der Waals surface area contributed by atoms with Crippen molar-refractivity contribution in [2.75, 3.05) is 6.61 Å². The standard InChI is InChI=1S/C14H19ClN2O2S/c1-8(2)9(3)17-13(18)7-19-10-4-5-11(14(16)20)12(15)6-10/h4-6,8-9H,7H2,1-3H3,(H2,16,20)(H,17,18). The molecule has 0 saturated carbocycles. The Labute approximate surface area is 129 Å². The monoisotopic (exact) mass is 314 g/mol. The number of carbonyl (C=O) groups excluding carboxylic acids is 1. The third-order valence-corrected chi connectivity index (χ3v) is 3.50. The molecule has 110 valence electrons. The zero-order chi connectivity index (χ0) is 15.3. The molecule has 0 saturated heterocycles. The molecule has 0 fully saturated rings. The minimum Gasteiger partial charge on any atom is -0.484 e. The number of rotatable bonds is 6. The second kappa shape index (κ2) is 7.45. The van der Waals surface area contributed by atoms with Crippen LogP contribution in [0.1, 0.15) is 26.3 Å². The highest BCUT2D eigenvalue weighted by molar-refractivity contribution is 7.80. The van der Waals surface area contributed by atoms with Gasteiger partial charge >= 0.3 is 0 Å². The van der Waals surface area contributed by atoms with Crippen molar-refractivity contribution in [3.63, 3.8) is 0 Å². The Bertz CT molecular complexity index is 506. The van der Waals surface area contributed by atoms with E-state index in [-0.39, 0.29) is 23.5 Å². The molecule has 1 rings (SSSR count). The van der Waals surface area contributed by atoms with E-state index < -0.39 is 0 Å². The lowest BCUT2D eigenvalue weighted by Gasteiger charge is -2.17. The molecule has 6 heteroatoms. The zero-order valence-electron chi connectivity index (χ0n) is 11.8. The van der Waals surface area contributed by atoms with Gasteiger partial charge in [-0.05, 0) is 31.0 Å². The molecule has 0 aliphatic heterocycles.